The zero-order valence-electron chi connectivity index (χ0n) is 13.3. The van der Waals surface area contributed by atoms with Gasteiger partial charge in [0, 0.05) is 37.1 Å². The molecule has 2 amide bonds. The number of benzene rings is 2. The van der Waals surface area contributed by atoms with Crippen LogP contribution in [0.5, 0.6) is 0 Å². The molecular formula is C18H18ClFN2O2. The molecule has 2 aromatic carbocycles. The molecule has 4 nitrogen and oxygen atoms in total. The lowest BCUT2D eigenvalue weighted by atomic mass is 10.2. The van der Waals surface area contributed by atoms with Crippen LogP contribution in [0, 0.1) is 5.82 Å². The Morgan fingerprint density at radius 3 is 2.50 bits per heavy atom. The molecule has 0 aliphatic heterocycles. The van der Waals surface area contributed by atoms with Crippen LogP contribution in [-0.4, -0.2) is 23.3 Å². The molecule has 0 heterocycles. The number of carbonyl (C=O) groups excluding carboxylic acids is 2. The molecule has 24 heavy (non-hydrogen) atoms. The van der Waals surface area contributed by atoms with Crippen molar-refractivity contribution in [3.8, 4) is 0 Å². The highest BCUT2D eigenvalue weighted by Gasteiger charge is 2.12. The van der Waals surface area contributed by atoms with E-state index >= 15 is 0 Å². The lowest BCUT2D eigenvalue weighted by Crippen LogP contribution is -2.31. The number of carbonyl (C=O) groups is 2. The van der Waals surface area contributed by atoms with Crippen molar-refractivity contribution in [3.63, 3.8) is 0 Å². The summed E-state index contributed by atoms with van der Waals surface area (Å²) in [6.45, 7) is 2.05. The molecule has 0 unspecified atom stereocenters. The third kappa shape index (κ3) is 5.66. The first-order valence-corrected chi connectivity index (χ1v) is 7.87. The molecule has 6 heteroatoms. The van der Waals surface area contributed by atoms with Gasteiger partial charge in [0.1, 0.15) is 5.82 Å². The van der Waals surface area contributed by atoms with Crippen LogP contribution in [0.1, 0.15) is 18.9 Å². The van der Waals surface area contributed by atoms with E-state index in [0.29, 0.717) is 17.3 Å². The van der Waals surface area contributed by atoms with E-state index in [-0.39, 0.29) is 30.6 Å². The van der Waals surface area contributed by atoms with Gasteiger partial charge in [0.25, 0.3) is 0 Å². The second kappa shape index (κ2) is 8.45. The highest BCUT2D eigenvalue weighted by atomic mass is 35.5. The zero-order valence-corrected chi connectivity index (χ0v) is 14.0. The Kier molecular flexibility index (Phi) is 6.32. The van der Waals surface area contributed by atoms with Crippen molar-refractivity contribution in [1.82, 2.24) is 4.90 Å². The van der Waals surface area contributed by atoms with E-state index in [4.69, 9.17) is 11.6 Å². The fraction of sp³-hybridized carbons (Fsp3) is 0.222. The normalized spacial score (nSPS) is 10.3. The largest absolute Gasteiger partial charge is 0.338 e. The monoisotopic (exact) mass is 348 g/mol. The summed E-state index contributed by atoms with van der Waals surface area (Å²) in [6.07, 6.45) is 0.160. The summed E-state index contributed by atoms with van der Waals surface area (Å²) in [7, 11) is 0. The molecule has 0 spiro atoms. The predicted octanol–water partition coefficient (Wildman–Crippen LogP) is 3.86. The van der Waals surface area contributed by atoms with Gasteiger partial charge in [-0.15, -0.1) is 0 Å². The Bertz CT molecular complexity index is 719. The second-order valence-electron chi connectivity index (χ2n) is 5.38. The minimum absolute atomic E-state index is 0.144. The SMILES string of the molecule is CC(=O)N(CCC(=O)Nc1cccc(Cl)c1)Cc1ccc(F)cc1. The second-order valence-corrected chi connectivity index (χ2v) is 5.81. The third-order valence-corrected chi connectivity index (χ3v) is 3.68. The van der Waals surface area contributed by atoms with Gasteiger partial charge >= 0.3 is 0 Å². The zero-order chi connectivity index (χ0) is 17.5. The average Bonchev–Trinajstić information content (AvgIpc) is 2.53. The first-order chi connectivity index (χ1) is 11.4. The van der Waals surface area contributed by atoms with E-state index in [2.05, 4.69) is 5.32 Å². The van der Waals surface area contributed by atoms with Crippen molar-refractivity contribution in [2.24, 2.45) is 0 Å². The smallest absolute Gasteiger partial charge is 0.226 e. The molecule has 2 rings (SSSR count). The van der Waals surface area contributed by atoms with Crippen molar-refractivity contribution in [1.29, 1.82) is 0 Å². The van der Waals surface area contributed by atoms with E-state index in [9.17, 15) is 14.0 Å². The summed E-state index contributed by atoms with van der Waals surface area (Å²) in [6, 6.07) is 12.8. The van der Waals surface area contributed by atoms with Gasteiger partial charge in [0.05, 0.1) is 0 Å². The quantitative estimate of drug-likeness (QED) is 0.861. The summed E-state index contributed by atoms with van der Waals surface area (Å²) in [5, 5.41) is 3.27. The molecule has 0 radical (unpaired) electrons. The van der Waals surface area contributed by atoms with Crippen LogP contribution in [0.15, 0.2) is 48.5 Å². The summed E-state index contributed by atoms with van der Waals surface area (Å²) in [5.74, 6) is -0.675. The maximum Gasteiger partial charge on any atom is 0.226 e. The molecule has 0 saturated carbocycles. The molecule has 0 aliphatic rings. The Labute approximate surface area is 145 Å². The first kappa shape index (κ1) is 17.9. The lowest BCUT2D eigenvalue weighted by Gasteiger charge is -2.21. The van der Waals surface area contributed by atoms with Crippen LogP contribution >= 0.6 is 11.6 Å². The Balaban J connectivity index is 1.90. The number of nitrogens with one attached hydrogen (secondary N) is 1. The van der Waals surface area contributed by atoms with Crippen molar-refractivity contribution in [2.45, 2.75) is 19.9 Å². The molecule has 0 aliphatic carbocycles. The van der Waals surface area contributed by atoms with E-state index in [0.717, 1.165) is 5.56 Å². The fourth-order valence-electron chi connectivity index (χ4n) is 2.18. The predicted molar refractivity (Wildman–Crippen MR) is 92.2 cm³/mol. The summed E-state index contributed by atoms with van der Waals surface area (Å²) in [5.41, 5.74) is 1.42. The van der Waals surface area contributed by atoms with E-state index < -0.39 is 0 Å². The minimum Gasteiger partial charge on any atom is -0.338 e. The third-order valence-electron chi connectivity index (χ3n) is 3.45. The lowest BCUT2D eigenvalue weighted by molar-refractivity contribution is -0.129. The molecule has 1 N–H and O–H groups in total. The van der Waals surface area contributed by atoms with Crippen LogP contribution in [0.4, 0.5) is 10.1 Å². The van der Waals surface area contributed by atoms with Crippen LogP contribution in [0.2, 0.25) is 5.02 Å². The Morgan fingerprint density at radius 2 is 1.88 bits per heavy atom. The van der Waals surface area contributed by atoms with Crippen molar-refractivity contribution in [2.75, 3.05) is 11.9 Å². The van der Waals surface area contributed by atoms with Crippen LogP contribution in [0.25, 0.3) is 0 Å². The maximum atomic E-state index is 12.9. The first-order valence-electron chi connectivity index (χ1n) is 7.49. The van der Waals surface area contributed by atoms with Gasteiger partial charge in [-0.25, -0.2) is 4.39 Å². The number of hydrogen-bond donors (Lipinski definition) is 1. The van der Waals surface area contributed by atoms with Crippen molar-refractivity contribution >= 4 is 29.1 Å². The molecule has 0 aromatic heterocycles. The standard InChI is InChI=1S/C18H18ClFN2O2/c1-13(23)22(12-14-5-7-16(20)8-6-14)10-9-18(24)21-17-4-2-3-15(19)11-17/h2-8,11H,9-10,12H2,1H3,(H,21,24). The molecule has 2 aromatic rings. The molecule has 126 valence electrons. The van der Waals surface area contributed by atoms with Gasteiger partial charge in [-0.2, -0.15) is 0 Å². The summed E-state index contributed by atoms with van der Waals surface area (Å²) < 4.78 is 12.9. The Morgan fingerprint density at radius 1 is 1.17 bits per heavy atom. The van der Waals surface area contributed by atoms with E-state index in [1.807, 2.05) is 0 Å². The van der Waals surface area contributed by atoms with E-state index in [1.165, 1.54) is 19.1 Å². The molecular weight excluding hydrogens is 331 g/mol. The Hall–Kier alpha value is -2.40. The van der Waals surface area contributed by atoms with Gasteiger partial charge in [-0.05, 0) is 35.9 Å². The van der Waals surface area contributed by atoms with Gasteiger partial charge < -0.3 is 10.2 Å². The number of amides is 2. The van der Waals surface area contributed by atoms with Crippen LogP contribution in [0.3, 0.4) is 0 Å². The van der Waals surface area contributed by atoms with Gasteiger partial charge in [-0.3, -0.25) is 9.59 Å². The van der Waals surface area contributed by atoms with Crippen LogP contribution in [-0.2, 0) is 16.1 Å². The number of nitrogens with zero attached hydrogens (tertiary/aromatic N) is 1. The van der Waals surface area contributed by atoms with Crippen molar-refractivity contribution in [3.05, 3.63) is 64.9 Å². The van der Waals surface area contributed by atoms with Gasteiger partial charge in [0.2, 0.25) is 11.8 Å². The fourth-order valence-corrected chi connectivity index (χ4v) is 2.37. The van der Waals surface area contributed by atoms with Gasteiger partial charge in [-0.1, -0.05) is 29.8 Å². The molecule has 0 saturated heterocycles. The number of anilines is 1. The highest BCUT2D eigenvalue weighted by Crippen LogP contribution is 2.15. The summed E-state index contributed by atoms with van der Waals surface area (Å²) >= 11 is 5.87. The molecule has 0 fully saturated rings. The average molecular weight is 349 g/mol. The van der Waals surface area contributed by atoms with Crippen molar-refractivity contribution < 1.29 is 14.0 Å². The van der Waals surface area contributed by atoms with Crippen LogP contribution < -0.4 is 5.32 Å². The number of halogens is 2. The number of hydrogen-bond acceptors (Lipinski definition) is 2. The maximum absolute atomic E-state index is 12.9. The van der Waals surface area contributed by atoms with Gasteiger partial charge in [0.15, 0.2) is 0 Å². The number of rotatable bonds is 6. The highest BCUT2D eigenvalue weighted by molar-refractivity contribution is 6.30. The summed E-state index contributed by atoms with van der Waals surface area (Å²) in [4.78, 5) is 25.3. The molecule has 0 bridgehead atoms. The minimum atomic E-state index is -0.325. The topological polar surface area (TPSA) is 49.4 Å². The van der Waals surface area contributed by atoms with E-state index in [1.54, 1.807) is 41.3 Å². The molecule has 0 atom stereocenters.